The first-order valence-corrected chi connectivity index (χ1v) is 10.6. The topological polar surface area (TPSA) is 93.8 Å². The fourth-order valence-electron chi connectivity index (χ4n) is 2.17. The third kappa shape index (κ3) is 4.80. The number of nitrogen functional groups attached to an aromatic ring is 1. The Morgan fingerprint density at radius 3 is 2.58 bits per heavy atom. The first kappa shape index (κ1) is 18.8. The minimum Gasteiger partial charge on any atom is -0.374 e. The van der Waals surface area contributed by atoms with Crippen LogP contribution < -0.4 is 11.1 Å². The van der Waals surface area contributed by atoms with Gasteiger partial charge < -0.3 is 11.1 Å². The lowest BCUT2D eigenvalue weighted by Gasteiger charge is -2.18. The number of thiazole rings is 1. The highest BCUT2D eigenvalue weighted by Gasteiger charge is 2.14. The maximum atomic E-state index is 12.1. The summed E-state index contributed by atoms with van der Waals surface area (Å²) in [7, 11) is 0. The summed E-state index contributed by atoms with van der Waals surface area (Å²) >= 11 is 3.98. The van der Waals surface area contributed by atoms with Crippen molar-refractivity contribution in [2.45, 2.75) is 30.5 Å². The van der Waals surface area contributed by atoms with Crippen LogP contribution in [0.1, 0.15) is 26.3 Å². The van der Waals surface area contributed by atoms with Gasteiger partial charge in [-0.3, -0.25) is 4.79 Å². The molecule has 0 aliphatic heterocycles. The third-order valence-electron chi connectivity index (χ3n) is 3.55. The summed E-state index contributed by atoms with van der Waals surface area (Å²) in [5.41, 5.74) is 8.81. The highest BCUT2D eigenvalue weighted by Crippen LogP contribution is 2.29. The highest BCUT2D eigenvalue weighted by molar-refractivity contribution is 8.01. The predicted octanol–water partition coefficient (Wildman–Crippen LogP) is 4.27. The molecule has 1 amide bonds. The molecule has 0 unspecified atom stereocenters. The number of rotatable bonds is 5. The summed E-state index contributed by atoms with van der Waals surface area (Å²) in [6, 6.07) is 8.38. The molecule has 9 heteroatoms. The molecule has 0 aliphatic carbocycles. The fourth-order valence-corrected chi connectivity index (χ4v) is 4.34. The van der Waals surface area contributed by atoms with Gasteiger partial charge in [-0.05, 0) is 11.0 Å². The second kappa shape index (κ2) is 7.73. The van der Waals surface area contributed by atoms with E-state index in [2.05, 4.69) is 65.5 Å². The van der Waals surface area contributed by atoms with Crippen molar-refractivity contribution >= 4 is 50.6 Å². The van der Waals surface area contributed by atoms with Gasteiger partial charge in [0.05, 0.1) is 11.4 Å². The molecule has 0 fully saturated rings. The van der Waals surface area contributed by atoms with Crippen LogP contribution in [0.3, 0.4) is 0 Å². The van der Waals surface area contributed by atoms with Gasteiger partial charge in [0.25, 0.3) is 0 Å². The molecule has 0 saturated heterocycles. The molecule has 0 aliphatic rings. The van der Waals surface area contributed by atoms with Crippen molar-refractivity contribution in [2.75, 3.05) is 16.8 Å². The number of amides is 1. The van der Waals surface area contributed by atoms with Crippen LogP contribution >= 0.6 is 34.4 Å². The van der Waals surface area contributed by atoms with Gasteiger partial charge in [-0.2, -0.15) is 0 Å². The molecular formula is C17H19N5OS3. The zero-order valence-electron chi connectivity index (χ0n) is 14.6. The molecule has 3 N–H and O–H groups in total. The number of nitrogens with one attached hydrogen (secondary N) is 1. The van der Waals surface area contributed by atoms with Crippen LogP contribution in [0.15, 0.2) is 34.0 Å². The first-order chi connectivity index (χ1) is 12.3. The Morgan fingerprint density at radius 1 is 1.23 bits per heavy atom. The van der Waals surface area contributed by atoms with E-state index in [4.69, 9.17) is 5.73 Å². The van der Waals surface area contributed by atoms with E-state index in [-0.39, 0.29) is 17.1 Å². The van der Waals surface area contributed by atoms with Gasteiger partial charge >= 0.3 is 0 Å². The van der Waals surface area contributed by atoms with E-state index >= 15 is 0 Å². The molecule has 2 heterocycles. The van der Waals surface area contributed by atoms with Gasteiger partial charge in [-0.15, -0.1) is 21.5 Å². The molecule has 0 atom stereocenters. The molecule has 3 rings (SSSR count). The molecule has 2 aromatic heterocycles. The second-order valence-corrected chi connectivity index (χ2v) is 9.70. The third-order valence-corrected chi connectivity index (χ3v) is 6.19. The standard InChI is InChI=1S/C17H19N5OS3/c1-17(2,3)11-6-4-10(5-7-11)12-8-24-15(19-12)20-13(23)9-25-16-22-21-14(18)26-16/h4-8H,9H2,1-3H3,(H2,18,21)(H,19,20,23). The second-order valence-electron chi connectivity index (χ2n) is 6.61. The van der Waals surface area contributed by atoms with Crippen molar-refractivity contribution in [1.29, 1.82) is 0 Å². The zero-order chi connectivity index (χ0) is 18.7. The Labute approximate surface area is 164 Å². The van der Waals surface area contributed by atoms with Crippen molar-refractivity contribution in [3.63, 3.8) is 0 Å². The highest BCUT2D eigenvalue weighted by atomic mass is 32.2. The van der Waals surface area contributed by atoms with E-state index in [0.717, 1.165) is 11.3 Å². The van der Waals surface area contributed by atoms with E-state index in [1.165, 1.54) is 40.0 Å². The fraction of sp³-hybridized carbons (Fsp3) is 0.294. The lowest BCUT2D eigenvalue weighted by Crippen LogP contribution is -2.13. The molecular weight excluding hydrogens is 386 g/mol. The van der Waals surface area contributed by atoms with Crippen molar-refractivity contribution in [3.8, 4) is 11.3 Å². The normalized spacial score (nSPS) is 11.5. The Kier molecular flexibility index (Phi) is 5.59. The van der Waals surface area contributed by atoms with E-state index in [1.54, 1.807) is 0 Å². The number of benzene rings is 1. The van der Waals surface area contributed by atoms with Crippen LogP contribution in [0.25, 0.3) is 11.3 Å². The van der Waals surface area contributed by atoms with Gasteiger partial charge in [0.2, 0.25) is 11.0 Å². The van der Waals surface area contributed by atoms with Crippen LogP contribution in [0, 0.1) is 0 Å². The summed E-state index contributed by atoms with van der Waals surface area (Å²) in [4.78, 5) is 16.6. The Hall–Kier alpha value is -1.97. The lowest BCUT2D eigenvalue weighted by atomic mass is 9.86. The van der Waals surface area contributed by atoms with E-state index < -0.39 is 0 Å². The van der Waals surface area contributed by atoms with Gasteiger partial charge in [0, 0.05) is 10.9 Å². The lowest BCUT2D eigenvalue weighted by molar-refractivity contribution is -0.113. The van der Waals surface area contributed by atoms with Crippen LogP contribution in [-0.4, -0.2) is 26.8 Å². The number of nitrogens with zero attached hydrogens (tertiary/aromatic N) is 3. The summed E-state index contributed by atoms with van der Waals surface area (Å²) in [6.07, 6.45) is 0. The molecule has 0 bridgehead atoms. The minimum absolute atomic E-state index is 0.120. The maximum Gasteiger partial charge on any atom is 0.236 e. The van der Waals surface area contributed by atoms with Gasteiger partial charge in [-0.1, -0.05) is 68.1 Å². The number of thioether (sulfide) groups is 1. The number of hydrogen-bond donors (Lipinski definition) is 2. The largest absolute Gasteiger partial charge is 0.374 e. The van der Waals surface area contributed by atoms with E-state index in [0.29, 0.717) is 14.6 Å². The van der Waals surface area contributed by atoms with Crippen LogP contribution in [0.5, 0.6) is 0 Å². The van der Waals surface area contributed by atoms with Crippen LogP contribution in [0.2, 0.25) is 0 Å². The summed E-state index contributed by atoms with van der Waals surface area (Å²) in [5, 5.41) is 13.3. The smallest absolute Gasteiger partial charge is 0.236 e. The van der Waals surface area contributed by atoms with Crippen molar-refractivity contribution in [1.82, 2.24) is 15.2 Å². The molecule has 3 aromatic rings. The quantitative estimate of drug-likeness (QED) is 0.616. The van der Waals surface area contributed by atoms with Crippen molar-refractivity contribution in [3.05, 3.63) is 35.2 Å². The first-order valence-electron chi connectivity index (χ1n) is 7.89. The SMILES string of the molecule is CC(C)(C)c1ccc(-c2csc(NC(=O)CSc3nnc(N)s3)n2)cc1. The molecule has 6 nitrogen and oxygen atoms in total. The summed E-state index contributed by atoms with van der Waals surface area (Å²) < 4.78 is 0.677. The van der Waals surface area contributed by atoms with Crippen LogP contribution in [0.4, 0.5) is 10.3 Å². The molecule has 1 aromatic carbocycles. The molecule has 0 saturated carbocycles. The van der Waals surface area contributed by atoms with E-state index in [1.807, 2.05) is 5.38 Å². The Bertz CT molecular complexity index is 896. The number of anilines is 2. The predicted molar refractivity (Wildman–Crippen MR) is 110 cm³/mol. The monoisotopic (exact) mass is 405 g/mol. The van der Waals surface area contributed by atoms with Crippen molar-refractivity contribution < 1.29 is 4.79 Å². The molecule has 0 radical (unpaired) electrons. The number of aromatic nitrogens is 3. The summed E-state index contributed by atoms with van der Waals surface area (Å²) in [6.45, 7) is 6.56. The van der Waals surface area contributed by atoms with Crippen molar-refractivity contribution in [2.24, 2.45) is 0 Å². The molecule has 26 heavy (non-hydrogen) atoms. The number of carbonyl (C=O) groups excluding carboxylic acids is 1. The van der Waals surface area contributed by atoms with Gasteiger partial charge in [-0.25, -0.2) is 4.98 Å². The zero-order valence-corrected chi connectivity index (χ0v) is 17.1. The average Bonchev–Trinajstić information content (AvgIpc) is 3.21. The average molecular weight is 406 g/mol. The number of carbonyl (C=O) groups is 1. The number of nitrogens with two attached hydrogens (primary N) is 1. The molecule has 136 valence electrons. The number of hydrogen-bond acceptors (Lipinski definition) is 8. The summed E-state index contributed by atoms with van der Waals surface area (Å²) in [5.74, 6) is 0.108. The van der Waals surface area contributed by atoms with Gasteiger partial charge in [0.15, 0.2) is 9.47 Å². The van der Waals surface area contributed by atoms with Crippen LogP contribution in [-0.2, 0) is 10.2 Å². The minimum atomic E-state index is -0.132. The Balaban J connectivity index is 1.59. The Morgan fingerprint density at radius 2 is 1.96 bits per heavy atom. The molecule has 0 spiro atoms. The maximum absolute atomic E-state index is 12.1. The van der Waals surface area contributed by atoms with E-state index in [9.17, 15) is 4.79 Å². The van der Waals surface area contributed by atoms with Gasteiger partial charge in [0.1, 0.15) is 0 Å².